The number of nitrogens with zero attached hydrogens (tertiary/aromatic N) is 2. The third-order valence-electron chi connectivity index (χ3n) is 3.22. The van der Waals surface area contributed by atoms with Gasteiger partial charge < -0.3 is 14.8 Å². The van der Waals surface area contributed by atoms with Gasteiger partial charge in [-0.15, -0.1) is 0 Å². The molecule has 0 aromatic heterocycles. The molecule has 1 saturated heterocycles. The van der Waals surface area contributed by atoms with Gasteiger partial charge >= 0.3 is 0 Å². The molecule has 90 valence electrons. The Balaban J connectivity index is 2.11. The van der Waals surface area contributed by atoms with Crippen molar-refractivity contribution in [2.45, 2.75) is 32.1 Å². The molecule has 0 unspecified atom stereocenters. The van der Waals surface area contributed by atoms with Gasteiger partial charge in [0.05, 0.1) is 18.9 Å². The average molecular weight is 224 g/mol. The highest BCUT2D eigenvalue weighted by molar-refractivity contribution is 5.99. The van der Waals surface area contributed by atoms with E-state index < -0.39 is 0 Å². The maximum atomic E-state index is 9.10. The first-order chi connectivity index (χ1) is 7.92. The first kappa shape index (κ1) is 11.5. The molecule has 0 bridgehead atoms. The van der Waals surface area contributed by atoms with Crippen LogP contribution in [-0.2, 0) is 4.74 Å². The monoisotopic (exact) mass is 224 g/mol. The predicted octanol–water partition coefficient (Wildman–Crippen LogP) is 2.00. The van der Waals surface area contributed by atoms with Crippen molar-refractivity contribution in [3.8, 4) is 0 Å². The molecule has 1 aliphatic carbocycles. The Hall–Kier alpha value is -1.03. The van der Waals surface area contributed by atoms with E-state index in [-0.39, 0.29) is 0 Å². The second-order valence-corrected chi connectivity index (χ2v) is 4.33. The second-order valence-electron chi connectivity index (χ2n) is 4.33. The highest BCUT2D eigenvalue weighted by Crippen LogP contribution is 2.19. The lowest BCUT2D eigenvalue weighted by Gasteiger charge is -2.32. The summed E-state index contributed by atoms with van der Waals surface area (Å²) in [6.45, 7) is 3.36. The van der Waals surface area contributed by atoms with Crippen LogP contribution in [0.2, 0.25) is 0 Å². The van der Waals surface area contributed by atoms with Crippen LogP contribution in [0.15, 0.2) is 16.9 Å². The fraction of sp³-hybridized carbons (Fsp3) is 0.750. The van der Waals surface area contributed by atoms with Crippen molar-refractivity contribution in [1.82, 2.24) is 4.90 Å². The van der Waals surface area contributed by atoms with Crippen molar-refractivity contribution in [1.29, 1.82) is 0 Å². The quantitative estimate of drug-likeness (QED) is 0.547. The third kappa shape index (κ3) is 2.76. The van der Waals surface area contributed by atoms with Gasteiger partial charge in [-0.1, -0.05) is 17.7 Å². The average Bonchev–Trinajstić information content (AvgIpc) is 2.30. The Bertz CT molecular complexity index is 281. The normalized spacial score (nSPS) is 29.4. The van der Waals surface area contributed by atoms with E-state index in [4.69, 9.17) is 9.94 Å². The highest BCUT2D eigenvalue weighted by atomic mass is 16.5. The lowest BCUT2D eigenvalue weighted by molar-refractivity contribution is 0.0559. The maximum Gasteiger partial charge on any atom is 0.102 e. The molecule has 1 N–H and O–H groups in total. The molecular weight excluding hydrogens is 204 g/mol. The summed E-state index contributed by atoms with van der Waals surface area (Å²) in [5.74, 6) is 0. The van der Waals surface area contributed by atoms with Crippen molar-refractivity contribution >= 4 is 5.71 Å². The largest absolute Gasteiger partial charge is 0.411 e. The van der Waals surface area contributed by atoms with E-state index in [1.165, 1.54) is 12.8 Å². The first-order valence-corrected chi connectivity index (χ1v) is 6.16. The molecular formula is C12H20N2O2. The molecule has 0 saturated carbocycles. The van der Waals surface area contributed by atoms with Crippen molar-refractivity contribution in [2.75, 3.05) is 26.3 Å². The van der Waals surface area contributed by atoms with E-state index >= 15 is 0 Å². The molecule has 0 atom stereocenters. The van der Waals surface area contributed by atoms with Crippen molar-refractivity contribution in [3.05, 3.63) is 11.8 Å². The zero-order valence-corrected chi connectivity index (χ0v) is 9.69. The van der Waals surface area contributed by atoms with Crippen LogP contribution < -0.4 is 0 Å². The van der Waals surface area contributed by atoms with Crippen LogP contribution in [0, 0.1) is 0 Å². The molecule has 1 aliphatic heterocycles. The molecule has 4 heteroatoms. The Morgan fingerprint density at radius 1 is 1.19 bits per heavy atom. The van der Waals surface area contributed by atoms with Gasteiger partial charge in [0, 0.05) is 13.1 Å². The number of oxime groups is 1. The third-order valence-corrected chi connectivity index (χ3v) is 3.22. The van der Waals surface area contributed by atoms with Gasteiger partial charge in [0.2, 0.25) is 0 Å². The lowest BCUT2D eigenvalue weighted by atomic mass is 10.0. The summed E-state index contributed by atoms with van der Waals surface area (Å²) in [6.07, 6.45) is 7.80. The van der Waals surface area contributed by atoms with E-state index in [0.717, 1.165) is 57.0 Å². The van der Waals surface area contributed by atoms with Crippen molar-refractivity contribution in [3.63, 3.8) is 0 Å². The SMILES string of the molecule is O/N=C1CCCCC/C=C\1N1CCOCC1. The fourth-order valence-electron chi connectivity index (χ4n) is 2.32. The minimum Gasteiger partial charge on any atom is -0.411 e. The number of morpholine rings is 1. The lowest BCUT2D eigenvalue weighted by Crippen LogP contribution is -2.38. The first-order valence-electron chi connectivity index (χ1n) is 6.16. The Morgan fingerprint density at radius 3 is 2.75 bits per heavy atom. The van der Waals surface area contributed by atoms with Gasteiger partial charge in [-0.3, -0.25) is 0 Å². The number of allylic oxidation sites excluding steroid dienone is 2. The summed E-state index contributed by atoms with van der Waals surface area (Å²) in [5.41, 5.74) is 1.98. The van der Waals surface area contributed by atoms with Gasteiger partial charge in [0.15, 0.2) is 0 Å². The summed E-state index contributed by atoms with van der Waals surface area (Å²) < 4.78 is 5.34. The van der Waals surface area contributed by atoms with Crippen LogP contribution in [0.3, 0.4) is 0 Å². The van der Waals surface area contributed by atoms with Crippen LogP contribution in [0.5, 0.6) is 0 Å². The van der Waals surface area contributed by atoms with Crippen LogP contribution in [0.4, 0.5) is 0 Å². The summed E-state index contributed by atoms with van der Waals surface area (Å²) in [7, 11) is 0. The Kier molecular flexibility index (Phi) is 4.22. The molecule has 1 fully saturated rings. The highest BCUT2D eigenvalue weighted by Gasteiger charge is 2.19. The van der Waals surface area contributed by atoms with Gasteiger partial charge in [0.1, 0.15) is 5.71 Å². The number of hydrogen-bond acceptors (Lipinski definition) is 4. The molecule has 2 rings (SSSR count). The topological polar surface area (TPSA) is 45.1 Å². The van der Waals surface area contributed by atoms with Gasteiger partial charge in [-0.05, 0) is 25.7 Å². The Labute approximate surface area is 96.6 Å². The van der Waals surface area contributed by atoms with E-state index in [2.05, 4.69) is 16.1 Å². The molecule has 0 radical (unpaired) electrons. The summed E-state index contributed by atoms with van der Waals surface area (Å²) in [6, 6.07) is 0. The smallest absolute Gasteiger partial charge is 0.102 e. The van der Waals surface area contributed by atoms with E-state index in [0.29, 0.717) is 0 Å². The zero-order chi connectivity index (χ0) is 11.2. The van der Waals surface area contributed by atoms with E-state index in [9.17, 15) is 0 Å². The van der Waals surface area contributed by atoms with Gasteiger partial charge in [-0.25, -0.2) is 0 Å². The number of ether oxygens (including phenoxy) is 1. The standard InChI is InChI=1S/C12H20N2O2/c15-13-11-5-3-1-2-4-6-12(11)14-7-9-16-10-8-14/h6,15H,1-5,7-10H2/b12-6+,13-11+. The van der Waals surface area contributed by atoms with Crippen molar-refractivity contribution < 1.29 is 9.94 Å². The summed E-state index contributed by atoms with van der Waals surface area (Å²) in [5, 5.41) is 12.6. The summed E-state index contributed by atoms with van der Waals surface area (Å²) >= 11 is 0. The minimum atomic E-state index is 0.774. The van der Waals surface area contributed by atoms with Gasteiger partial charge in [0.25, 0.3) is 0 Å². The zero-order valence-electron chi connectivity index (χ0n) is 9.69. The minimum absolute atomic E-state index is 0.774. The van der Waals surface area contributed by atoms with Crippen LogP contribution in [0.25, 0.3) is 0 Å². The fourth-order valence-corrected chi connectivity index (χ4v) is 2.32. The van der Waals surface area contributed by atoms with Crippen LogP contribution >= 0.6 is 0 Å². The molecule has 0 amide bonds. The van der Waals surface area contributed by atoms with E-state index in [1.807, 2.05) is 0 Å². The van der Waals surface area contributed by atoms with E-state index in [1.54, 1.807) is 0 Å². The molecule has 1 heterocycles. The van der Waals surface area contributed by atoms with Crippen LogP contribution in [-0.4, -0.2) is 42.1 Å². The molecule has 0 aromatic carbocycles. The molecule has 2 aliphatic rings. The summed E-state index contributed by atoms with van der Waals surface area (Å²) in [4.78, 5) is 2.28. The second kappa shape index (κ2) is 5.89. The molecule has 4 nitrogen and oxygen atoms in total. The predicted molar refractivity (Wildman–Crippen MR) is 62.8 cm³/mol. The van der Waals surface area contributed by atoms with Crippen molar-refractivity contribution in [2.24, 2.45) is 5.16 Å². The number of hydrogen-bond donors (Lipinski definition) is 1. The maximum absolute atomic E-state index is 9.10. The molecule has 16 heavy (non-hydrogen) atoms. The van der Waals surface area contributed by atoms with Gasteiger partial charge in [-0.2, -0.15) is 0 Å². The Morgan fingerprint density at radius 2 is 2.00 bits per heavy atom. The number of rotatable bonds is 1. The molecule has 0 spiro atoms. The van der Waals surface area contributed by atoms with Crippen LogP contribution in [0.1, 0.15) is 32.1 Å². The molecule has 0 aromatic rings.